The Kier molecular flexibility index (Phi) is 2.84. The van der Waals surface area contributed by atoms with Crippen LogP contribution in [0.25, 0.3) is 0 Å². The van der Waals surface area contributed by atoms with Crippen molar-refractivity contribution in [1.82, 2.24) is 4.90 Å². The van der Waals surface area contributed by atoms with Crippen molar-refractivity contribution in [2.75, 3.05) is 6.54 Å². The van der Waals surface area contributed by atoms with Gasteiger partial charge in [0.15, 0.2) is 5.96 Å². The molecule has 0 saturated carbocycles. The van der Waals surface area contributed by atoms with Crippen molar-refractivity contribution < 1.29 is 0 Å². The monoisotopic (exact) mass is 183 g/mol. The fourth-order valence-electron chi connectivity index (χ4n) is 1.68. The van der Waals surface area contributed by atoms with Crippen LogP contribution >= 0.6 is 0 Å². The molecule has 2 N–H and O–H groups in total. The van der Waals surface area contributed by atoms with Gasteiger partial charge in [-0.15, -0.1) is 0 Å². The first-order valence-corrected chi connectivity index (χ1v) is 5.02. The Hall–Kier alpha value is -0.730. The quantitative estimate of drug-likeness (QED) is 0.457. The topological polar surface area (TPSA) is 41.6 Å². The third-order valence-corrected chi connectivity index (χ3v) is 2.30. The lowest BCUT2D eigenvalue weighted by Crippen LogP contribution is -2.41. The Morgan fingerprint density at radius 1 is 1.46 bits per heavy atom. The van der Waals surface area contributed by atoms with Gasteiger partial charge >= 0.3 is 0 Å². The predicted octanol–water partition coefficient (Wildman–Crippen LogP) is 1.58. The zero-order valence-corrected chi connectivity index (χ0v) is 9.17. The van der Waals surface area contributed by atoms with Gasteiger partial charge in [0, 0.05) is 12.6 Å². The summed E-state index contributed by atoms with van der Waals surface area (Å²) in [4.78, 5) is 6.66. The Balaban J connectivity index is 2.66. The Morgan fingerprint density at radius 3 is 2.46 bits per heavy atom. The first-order chi connectivity index (χ1) is 5.90. The Labute approximate surface area is 81.0 Å². The maximum atomic E-state index is 5.93. The Bertz CT molecular complexity index is 203. The summed E-state index contributed by atoms with van der Waals surface area (Å²) in [5.74, 6) is 0.706. The molecule has 1 atom stereocenters. The third kappa shape index (κ3) is 2.90. The van der Waals surface area contributed by atoms with Crippen LogP contribution in [-0.2, 0) is 0 Å². The van der Waals surface area contributed by atoms with Crippen LogP contribution in [-0.4, -0.2) is 29.0 Å². The molecule has 13 heavy (non-hydrogen) atoms. The molecule has 1 fully saturated rings. The standard InChI is InChI=1S/C10H21N3/c1-8-6-5-7-13(8)9(11)12-10(2,3)4/h8H,5-7H2,1-4H3,(H2,11,12). The van der Waals surface area contributed by atoms with Crippen LogP contribution in [0, 0.1) is 0 Å². The molecule has 0 bridgehead atoms. The molecule has 1 heterocycles. The van der Waals surface area contributed by atoms with Crippen molar-refractivity contribution >= 4 is 5.96 Å². The van der Waals surface area contributed by atoms with E-state index in [1.54, 1.807) is 0 Å². The summed E-state index contributed by atoms with van der Waals surface area (Å²) in [6.07, 6.45) is 2.47. The molecule has 0 aromatic heterocycles. The molecule has 3 nitrogen and oxygen atoms in total. The van der Waals surface area contributed by atoms with Gasteiger partial charge < -0.3 is 10.6 Å². The average Bonchev–Trinajstić information content (AvgIpc) is 2.30. The number of nitrogens with two attached hydrogens (primary N) is 1. The molecule has 0 aromatic carbocycles. The van der Waals surface area contributed by atoms with Gasteiger partial charge in [-0.2, -0.15) is 0 Å². The van der Waals surface area contributed by atoms with Gasteiger partial charge in [0.1, 0.15) is 0 Å². The van der Waals surface area contributed by atoms with Crippen molar-refractivity contribution in [2.24, 2.45) is 10.7 Å². The number of hydrogen-bond donors (Lipinski definition) is 1. The fourth-order valence-corrected chi connectivity index (χ4v) is 1.68. The van der Waals surface area contributed by atoms with Gasteiger partial charge in [0.25, 0.3) is 0 Å². The SMILES string of the molecule is CC1CCCN1C(N)=NC(C)(C)C. The molecule has 76 valence electrons. The van der Waals surface area contributed by atoms with E-state index in [1.807, 2.05) is 0 Å². The van der Waals surface area contributed by atoms with Crippen molar-refractivity contribution in [3.63, 3.8) is 0 Å². The molecule has 0 amide bonds. The van der Waals surface area contributed by atoms with Gasteiger partial charge in [-0.05, 0) is 40.5 Å². The highest BCUT2D eigenvalue weighted by atomic mass is 15.3. The predicted molar refractivity (Wildman–Crippen MR) is 56.8 cm³/mol. The summed E-state index contributed by atoms with van der Waals surface area (Å²) >= 11 is 0. The molecule has 1 aliphatic heterocycles. The molecular weight excluding hydrogens is 162 g/mol. The van der Waals surface area contributed by atoms with Gasteiger partial charge in [-0.1, -0.05) is 0 Å². The van der Waals surface area contributed by atoms with E-state index in [1.165, 1.54) is 12.8 Å². The zero-order valence-electron chi connectivity index (χ0n) is 9.17. The minimum atomic E-state index is -0.0631. The number of rotatable bonds is 0. The van der Waals surface area contributed by atoms with Crippen molar-refractivity contribution in [3.05, 3.63) is 0 Å². The molecule has 0 aromatic rings. The van der Waals surface area contributed by atoms with E-state index in [0.29, 0.717) is 12.0 Å². The fraction of sp³-hybridized carbons (Fsp3) is 0.900. The van der Waals surface area contributed by atoms with Gasteiger partial charge in [-0.3, -0.25) is 0 Å². The van der Waals surface area contributed by atoms with Crippen molar-refractivity contribution in [2.45, 2.75) is 52.1 Å². The molecule has 1 aliphatic rings. The molecule has 1 saturated heterocycles. The summed E-state index contributed by atoms with van der Waals surface area (Å²) in [5.41, 5.74) is 5.87. The molecule has 0 radical (unpaired) electrons. The highest BCUT2D eigenvalue weighted by Gasteiger charge is 2.22. The van der Waals surface area contributed by atoms with E-state index in [0.717, 1.165) is 6.54 Å². The lowest BCUT2D eigenvalue weighted by Gasteiger charge is -2.25. The molecule has 0 aliphatic carbocycles. The summed E-state index contributed by atoms with van der Waals surface area (Å²) in [6.45, 7) is 9.48. The van der Waals surface area contributed by atoms with E-state index < -0.39 is 0 Å². The second kappa shape index (κ2) is 3.56. The summed E-state index contributed by atoms with van der Waals surface area (Å²) < 4.78 is 0. The van der Waals surface area contributed by atoms with Gasteiger partial charge in [0.05, 0.1) is 5.54 Å². The molecular formula is C10H21N3. The number of likely N-dealkylation sites (tertiary alicyclic amines) is 1. The highest BCUT2D eigenvalue weighted by molar-refractivity contribution is 5.79. The largest absolute Gasteiger partial charge is 0.370 e. The Morgan fingerprint density at radius 2 is 2.08 bits per heavy atom. The highest BCUT2D eigenvalue weighted by Crippen LogP contribution is 2.17. The summed E-state index contributed by atoms with van der Waals surface area (Å²) in [7, 11) is 0. The number of hydrogen-bond acceptors (Lipinski definition) is 1. The smallest absolute Gasteiger partial charge is 0.192 e. The number of nitrogens with zero attached hydrogens (tertiary/aromatic N) is 2. The molecule has 3 heteroatoms. The molecule has 0 spiro atoms. The molecule has 1 unspecified atom stereocenters. The van der Waals surface area contributed by atoms with Crippen LogP contribution in [0.15, 0.2) is 4.99 Å². The third-order valence-electron chi connectivity index (χ3n) is 2.30. The van der Waals surface area contributed by atoms with Crippen LogP contribution in [0.4, 0.5) is 0 Å². The van der Waals surface area contributed by atoms with E-state index in [4.69, 9.17) is 5.73 Å². The second-order valence-electron chi connectivity index (χ2n) is 4.83. The number of aliphatic imine (C=N–C) groups is 1. The van der Waals surface area contributed by atoms with Crippen LogP contribution in [0.2, 0.25) is 0 Å². The van der Waals surface area contributed by atoms with Crippen molar-refractivity contribution in [3.8, 4) is 0 Å². The minimum absolute atomic E-state index is 0.0631. The normalized spacial score (nSPS) is 25.4. The van der Waals surface area contributed by atoms with Crippen LogP contribution in [0.5, 0.6) is 0 Å². The molecule has 1 rings (SSSR count). The zero-order chi connectivity index (χ0) is 10.1. The minimum Gasteiger partial charge on any atom is -0.370 e. The second-order valence-corrected chi connectivity index (χ2v) is 4.83. The first kappa shape index (κ1) is 10.4. The van der Waals surface area contributed by atoms with E-state index in [-0.39, 0.29) is 5.54 Å². The maximum Gasteiger partial charge on any atom is 0.192 e. The van der Waals surface area contributed by atoms with E-state index in [2.05, 4.69) is 37.6 Å². The van der Waals surface area contributed by atoms with Crippen molar-refractivity contribution in [1.29, 1.82) is 0 Å². The van der Waals surface area contributed by atoms with E-state index >= 15 is 0 Å². The lowest BCUT2D eigenvalue weighted by atomic mass is 10.1. The number of guanidine groups is 1. The average molecular weight is 183 g/mol. The maximum absolute atomic E-state index is 5.93. The van der Waals surface area contributed by atoms with Crippen LogP contribution in [0.1, 0.15) is 40.5 Å². The summed E-state index contributed by atoms with van der Waals surface area (Å²) in [5, 5.41) is 0. The first-order valence-electron chi connectivity index (χ1n) is 5.02. The summed E-state index contributed by atoms with van der Waals surface area (Å²) in [6, 6.07) is 0.561. The van der Waals surface area contributed by atoms with Gasteiger partial charge in [-0.25, -0.2) is 4.99 Å². The lowest BCUT2D eigenvalue weighted by molar-refractivity contribution is 0.401. The van der Waals surface area contributed by atoms with Crippen LogP contribution < -0.4 is 5.73 Å². The van der Waals surface area contributed by atoms with E-state index in [9.17, 15) is 0 Å². The van der Waals surface area contributed by atoms with Gasteiger partial charge in [0.2, 0.25) is 0 Å². The van der Waals surface area contributed by atoms with Crippen LogP contribution in [0.3, 0.4) is 0 Å².